The first-order valence-electron chi connectivity index (χ1n) is 8.67. The van der Waals surface area contributed by atoms with Crippen molar-refractivity contribution in [2.75, 3.05) is 19.8 Å². The predicted octanol–water partition coefficient (Wildman–Crippen LogP) is 3.41. The van der Waals surface area contributed by atoms with E-state index in [1.165, 1.54) is 5.56 Å². The molecule has 1 heterocycles. The topological polar surface area (TPSA) is 59.6 Å². The molecule has 1 saturated heterocycles. The number of ether oxygens (including phenoxy) is 2. The van der Waals surface area contributed by atoms with Crippen molar-refractivity contribution < 1.29 is 14.3 Å². The summed E-state index contributed by atoms with van der Waals surface area (Å²) in [5.74, 6) is 0. The number of rotatable bonds is 5. The molecule has 0 aliphatic carbocycles. The molecule has 1 unspecified atom stereocenters. The highest BCUT2D eigenvalue weighted by molar-refractivity contribution is 5.67. The zero-order chi connectivity index (χ0) is 17.6. The Morgan fingerprint density at radius 3 is 2.46 bits per heavy atom. The molecule has 5 nitrogen and oxygen atoms in total. The van der Waals surface area contributed by atoms with Gasteiger partial charge in [0.2, 0.25) is 0 Å². The Morgan fingerprint density at radius 1 is 1.25 bits per heavy atom. The van der Waals surface area contributed by atoms with Gasteiger partial charge in [-0.05, 0) is 46.1 Å². The Balaban J connectivity index is 1.99. The van der Waals surface area contributed by atoms with Crippen molar-refractivity contribution in [2.45, 2.75) is 57.7 Å². The molecule has 134 valence electrons. The van der Waals surface area contributed by atoms with Crippen LogP contribution in [0, 0.1) is 0 Å². The Hall–Kier alpha value is -1.59. The molecule has 0 bridgehead atoms. The largest absolute Gasteiger partial charge is 0.444 e. The summed E-state index contributed by atoms with van der Waals surface area (Å²) in [7, 11) is 0. The van der Waals surface area contributed by atoms with E-state index >= 15 is 0 Å². The van der Waals surface area contributed by atoms with Crippen molar-refractivity contribution in [1.82, 2.24) is 10.6 Å². The van der Waals surface area contributed by atoms with Crippen LogP contribution in [0.3, 0.4) is 0 Å². The molecule has 0 spiro atoms. The Bertz CT molecular complexity index is 519. The van der Waals surface area contributed by atoms with E-state index in [0.29, 0.717) is 19.8 Å². The van der Waals surface area contributed by atoms with Gasteiger partial charge < -0.3 is 20.1 Å². The Morgan fingerprint density at radius 2 is 1.88 bits per heavy atom. The van der Waals surface area contributed by atoms with Crippen LogP contribution >= 0.6 is 0 Å². The van der Waals surface area contributed by atoms with Gasteiger partial charge in [0.15, 0.2) is 0 Å². The Kier molecular flexibility index (Phi) is 6.24. The fraction of sp³-hybridized carbons (Fsp3) is 0.632. The van der Waals surface area contributed by atoms with E-state index in [1.54, 1.807) is 0 Å². The van der Waals surface area contributed by atoms with Gasteiger partial charge in [0.05, 0.1) is 0 Å². The second kappa shape index (κ2) is 7.99. The standard InChI is InChI=1S/C19H30N2O3/c1-15(16-8-6-5-7-9-16)21-19(10-12-23-13-11-19)14-20-17(22)24-18(2,3)4/h5-9,15,21H,10-14H2,1-4H3,(H,20,22). The smallest absolute Gasteiger partial charge is 0.407 e. The predicted molar refractivity (Wildman–Crippen MR) is 95.0 cm³/mol. The molecule has 1 aliphatic rings. The molecule has 1 aliphatic heterocycles. The number of hydrogen-bond donors (Lipinski definition) is 2. The zero-order valence-corrected chi connectivity index (χ0v) is 15.2. The van der Waals surface area contributed by atoms with Gasteiger partial charge in [-0.25, -0.2) is 4.79 Å². The number of carbonyl (C=O) groups is 1. The van der Waals surface area contributed by atoms with Crippen LogP contribution in [0.15, 0.2) is 30.3 Å². The van der Waals surface area contributed by atoms with E-state index < -0.39 is 5.60 Å². The zero-order valence-electron chi connectivity index (χ0n) is 15.2. The first kappa shape index (κ1) is 18.7. The summed E-state index contributed by atoms with van der Waals surface area (Å²) in [5, 5.41) is 6.64. The van der Waals surface area contributed by atoms with Crippen LogP contribution in [0.25, 0.3) is 0 Å². The fourth-order valence-corrected chi connectivity index (χ4v) is 2.97. The monoisotopic (exact) mass is 334 g/mol. The normalized spacial score (nSPS) is 18.7. The van der Waals surface area contributed by atoms with Crippen molar-refractivity contribution in [3.63, 3.8) is 0 Å². The van der Waals surface area contributed by atoms with E-state index in [2.05, 4.69) is 29.7 Å². The molecule has 1 aromatic carbocycles. The number of nitrogens with one attached hydrogen (secondary N) is 2. The molecule has 0 saturated carbocycles. The van der Waals surface area contributed by atoms with Crippen LogP contribution in [0.2, 0.25) is 0 Å². The molecule has 0 radical (unpaired) electrons. The number of alkyl carbamates (subject to hydrolysis) is 1. The minimum atomic E-state index is -0.488. The molecule has 2 N–H and O–H groups in total. The lowest BCUT2D eigenvalue weighted by Crippen LogP contribution is -2.57. The van der Waals surface area contributed by atoms with E-state index in [0.717, 1.165) is 12.8 Å². The van der Waals surface area contributed by atoms with Crippen LogP contribution in [-0.2, 0) is 9.47 Å². The van der Waals surface area contributed by atoms with Gasteiger partial charge in [-0.2, -0.15) is 0 Å². The maximum absolute atomic E-state index is 12.0. The summed E-state index contributed by atoms with van der Waals surface area (Å²) in [6.07, 6.45) is 1.35. The van der Waals surface area contributed by atoms with Crippen molar-refractivity contribution in [3.05, 3.63) is 35.9 Å². The summed E-state index contributed by atoms with van der Waals surface area (Å²) in [6.45, 7) is 9.68. The Labute approximate surface area is 145 Å². The maximum Gasteiger partial charge on any atom is 0.407 e. The second-order valence-electron chi connectivity index (χ2n) is 7.52. The lowest BCUT2D eigenvalue weighted by Gasteiger charge is -2.40. The van der Waals surface area contributed by atoms with Gasteiger partial charge in [-0.1, -0.05) is 30.3 Å². The van der Waals surface area contributed by atoms with Gasteiger partial charge in [0.25, 0.3) is 0 Å². The molecule has 5 heteroatoms. The summed E-state index contributed by atoms with van der Waals surface area (Å²) in [5.41, 5.74) is 0.572. The van der Waals surface area contributed by atoms with Gasteiger partial charge in [-0.3, -0.25) is 0 Å². The molecule has 1 amide bonds. The summed E-state index contributed by atoms with van der Waals surface area (Å²) in [4.78, 5) is 12.0. The van der Waals surface area contributed by atoms with Crippen molar-refractivity contribution in [2.24, 2.45) is 0 Å². The van der Waals surface area contributed by atoms with Gasteiger partial charge in [-0.15, -0.1) is 0 Å². The van der Waals surface area contributed by atoms with Crippen LogP contribution < -0.4 is 10.6 Å². The molecular formula is C19H30N2O3. The third-order valence-electron chi connectivity index (χ3n) is 4.24. The van der Waals surface area contributed by atoms with Crippen molar-refractivity contribution >= 4 is 6.09 Å². The van der Waals surface area contributed by atoms with E-state index in [-0.39, 0.29) is 17.7 Å². The van der Waals surface area contributed by atoms with Gasteiger partial charge in [0, 0.05) is 31.3 Å². The van der Waals surface area contributed by atoms with Crippen LogP contribution in [0.5, 0.6) is 0 Å². The molecule has 1 fully saturated rings. The summed E-state index contributed by atoms with van der Waals surface area (Å²) >= 11 is 0. The van der Waals surface area contributed by atoms with Crippen LogP contribution in [0.1, 0.15) is 52.1 Å². The number of amides is 1. The first-order chi connectivity index (χ1) is 11.3. The third kappa shape index (κ3) is 5.80. The molecule has 1 aromatic rings. The SMILES string of the molecule is CC(NC1(CNC(=O)OC(C)(C)C)CCOCC1)c1ccccc1. The van der Waals surface area contributed by atoms with Gasteiger partial charge >= 0.3 is 6.09 Å². The number of carbonyl (C=O) groups excluding carboxylic acids is 1. The van der Waals surface area contributed by atoms with Gasteiger partial charge in [0.1, 0.15) is 5.60 Å². The minimum Gasteiger partial charge on any atom is -0.444 e. The van der Waals surface area contributed by atoms with Crippen LogP contribution in [-0.4, -0.2) is 37.0 Å². The van der Waals surface area contributed by atoms with Crippen molar-refractivity contribution in [3.8, 4) is 0 Å². The molecular weight excluding hydrogens is 304 g/mol. The number of benzene rings is 1. The van der Waals surface area contributed by atoms with E-state index in [9.17, 15) is 4.79 Å². The summed E-state index contributed by atoms with van der Waals surface area (Å²) < 4.78 is 10.9. The van der Waals surface area contributed by atoms with E-state index in [4.69, 9.17) is 9.47 Å². The minimum absolute atomic E-state index is 0.176. The lowest BCUT2D eigenvalue weighted by atomic mass is 9.88. The molecule has 24 heavy (non-hydrogen) atoms. The average molecular weight is 334 g/mol. The van der Waals surface area contributed by atoms with Crippen molar-refractivity contribution in [1.29, 1.82) is 0 Å². The fourth-order valence-electron chi connectivity index (χ4n) is 2.97. The quantitative estimate of drug-likeness (QED) is 0.866. The molecule has 0 aromatic heterocycles. The van der Waals surface area contributed by atoms with Crippen LogP contribution in [0.4, 0.5) is 4.79 Å². The highest BCUT2D eigenvalue weighted by Crippen LogP contribution is 2.25. The summed E-state index contributed by atoms with van der Waals surface area (Å²) in [6, 6.07) is 10.5. The number of hydrogen-bond acceptors (Lipinski definition) is 4. The highest BCUT2D eigenvalue weighted by Gasteiger charge is 2.34. The second-order valence-corrected chi connectivity index (χ2v) is 7.52. The highest BCUT2D eigenvalue weighted by atomic mass is 16.6. The maximum atomic E-state index is 12.0. The first-order valence-corrected chi connectivity index (χ1v) is 8.67. The van der Waals surface area contributed by atoms with E-state index in [1.807, 2.05) is 39.0 Å². The molecule has 2 rings (SSSR count). The average Bonchev–Trinajstić information content (AvgIpc) is 2.53. The molecule has 1 atom stereocenters. The lowest BCUT2D eigenvalue weighted by molar-refractivity contribution is 0.0261. The third-order valence-corrected chi connectivity index (χ3v) is 4.24.